The number of unbranched alkanes of at least 4 members (excludes halogenated alkanes) is 2. The number of halogens is 1. The van der Waals surface area contributed by atoms with Crippen molar-refractivity contribution >= 4 is 14.5 Å². The van der Waals surface area contributed by atoms with Crippen molar-refractivity contribution in [2.75, 3.05) is 0 Å². The second-order valence-corrected chi connectivity index (χ2v) is 8.52. The van der Waals surface area contributed by atoms with Crippen molar-refractivity contribution in [2.45, 2.75) is 58.4 Å². The number of hydrogen-bond donors (Lipinski definition) is 0. The first-order valence-electron chi connectivity index (χ1n) is 6.18. The Bertz CT molecular complexity index is 314. The largest absolute Gasteiger partial charge is 0.468 e. The van der Waals surface area contributed by atoms with Gasteiger partial charge in [0.15, 0.2) is 0 Å². The number of rotatable bonds is 5. The molecule has 0 amide bonds. The van der Waals surface area contributed by atoms with E-state index in [0.29, 0.717) is 5.38 Å². The lowest BCUT2D eigenvalue weighted by Gasteiger charge is -2.19. The third-order valence-electron chi connectivity index (χ3n) is 2.72. The molecular formula is C13H23FOSi. The Hall–Kier alpha value is -0.573. The van der Waals surface area contributed by atoms with Gasteiger partial charge in [0.1, 0.15) is 11.1 Å². The number of aryl methyl sites for hydroxylation is 1. The summed E-state index contributed by atoms with van der Waals surface area (Å²) in [5, 5.41) is 0.359. The van der Waals surface area contributed by atoms with Gasteiger partial charge in [-0.05, 0) is 23.6 Å². The van der Waals surface area contributed by atoms with E-state index in [0.717, 1.165) is 18.6 Å². The SMILES string of the molecule is CCCCCc1ccc([SiH](F)C(C)(C)C)o1. The standard InChI is InChI=1S/C13H23FOSi/c1-5-6-7-8-11-9-10-12(15-11)16(14)13(2,3)4/h9-10,16H,5-8H2,1-4H3. The molecule has 1 atom stereocenters. The van der Waals surface area contributed by atoms with Gasteiger partial charge in [0.05, 0.1) is 0 Å². The van der Waals surface area contributed by atoms with E-state index in [1.54, 1.807) is 0 Å². The summed E-state index contributed by atoms with van der Waals surface area (Å²) in [6.45, 7) is 8.02. The number of hydrogen-bond acceptors (Lipinski definition) is 1. The molecule has 0 bridgehead atoms. The molecule has 0 saturated carbocycles. The van der Waals surface area contributed by atoms with Crippen LogP contribution < -0.4 is 5.38 Å². The van der Waals surface area contributed by atoms with Crippen molar-refractivity contribution in [1.82, 2.24) is 0 Å². The highest BCUT2D eigenvalue weighted by atomic mass is 28.3. The Morgan fingerprint density at radius 3 is 2.50 bits per heavy atom. The third kappa shape index (κ3) is 3.78. The van der Waals surface area contributed by atoms with E-state index in [4.69, 9.17) is 4.42 Å². The minimum absolute atomic E-state index is 0.251. The smallest absolute Gasteiger partial charge is 0.306 e. The average molecular weight is 242 g/mol. The summed E-state index contributed by atoms with van der Waals surface area (Å²) in [6, 6.07) is 3.78. The molecule has 0 spiro atoms. The molecule has 92 valence electrons. The summed E-state index contributed by atoms with van der Waals surface area (Å²) in [4.78, 5) is 0. The Kier molecular flexibility index (Phi) is 4.78. The third-order valence-corrected chi connectivity index (χ3v) is 5.05. The second kappa shape index (κ2) is 5.67. The van der Waals surface area contributed by atoms with E-state index in [-0.39, 0.29) is 5.04 Å². The average Bonchev–Trinajstić information content (AvgIpc) is 2.64. The van der Waals surface area contributed by atoms with Gasteiger partial charge in [0.2, 0.25) is 0 Å². The summed E-state index contributed by atoms with van der Waals surface area (Å²) in [5.74, 6) is 0.947. The van der Waals surface area contributed by atoms with Crippen molar-refractivity contribution in [2.24, 2.45) is 0 Å². The summed E-state index contributed by atoms with van der Waals surface area (Å²) in [7, 11) is -2.44. The van der Waals surface area contributed by atoms with Crippen molar-refractivity contribution in [1.29, 1.82) is 0 Å². The summed E-state index contributed by atoms with van der Waals surface area (Å²) >= 11 is 0. The van der Waals surface area contributed by atoms with Crippen molar-refractivity contribution in [3.63, 3.8) is 0 Å². The van der Waals surface area contributed by atoms with Gasteiger partial charge >= 0.3 is 9.13 Å². The van der Waals surface area contributed by atoms with Crippen LogP contribution in [0.25, 0.3) is 0 Å². The molecule has 0 aliphatic rings. The highest BCUT2D eigenvalue weighted by Crippen LogP contribution is 2.27. The molecule has 0 N–H and O–H groups in total. The zero-order valence-corrected chi connectivity index (χ0v) is 12.0. The van der Waals surface area contributed by atoms with Gasteiger partial charge < -0.3 is 8.52 Å². The molecule has 1 nitrogen and oxygen atoms in total. The molecule has 0 fully saturated rings. The molecule has 1 aromatic heterocycles. The van der Waals surface area contributed by atoms with Gasteiger partial charge in [-0.15, -0.1) is 0 Å². The first kappa shape index (κ1) is 13.5. The molecule has 0 saturated heterocycles. The van der Waals surface area contributed by atoms with Crippen LogP contribution in [0, 0.1) is 0 Å². The maximum absolute atomic E-state index is 14.1. The van der Waals surface area contributed by atoms with E-state index in [9.17, 15) is 4.11 Å². The summed E-state index contributed by atoms with van der Waals surface area (Å²) < 4.78 is 19.7. The number of furan rings is 1. The summed E-state index contributed by atoms with van der Waals surface area (Å²) in [5.41, 5.74) is 0. The quantitative estimate of drug-likeness (QED) is 0.436. The highest BCUT2D eigenvalue weighted by molar-refractivity contribution is 6.68. The van der Waals surface area contributed by atoms with Gasteiger partial charge in [-0.1, -0.05) is 40.5 Å². The first-order valence-corrected chi connectivity index (χ1v) is 7.77. The van der Waals surface area contributed by atoms with E-state index >= 15 is 0 Å². The molecule has 1 aromatic rings. The lowest BCUT2D eigenvalue weighted by molar-refractivity contribution is 0.509. The molecule has 0 aliphatic heterocycles. The van der Waals surface area contributed by atoms with Crippen molar-refractivity contribution < 1.29 is 8.52 Å². The molecule has 0 aliphatic carbocycles. The van der Waals surface area contributed by atoms with Gasteiger partial charge in [-0.3, -0.25) is 0 Å². The molecule has 1 unspecified atom stereocenters. The molecule has 1 heterocycles. The normalized spacial score (nSPS) is 14.1. The summed E-state index contributed by atoms with van der Waals surface area (Å²) in [6.07, 6.45) is 4.50. The lowest BCUT2D eigenvalue weighted by Crippen LogP contribution is -2.33. The molecular weight excluding hydrogens is 219 g/mol. The Labute approximate surface area is 99.8 Å². The van der Waals surface area contributed by atoms with Crippen LogP contribution in [0.5, 0.6) is 0 Å². The predicted octanol–water partition coefficient (Wildman–Crippen LogP) is 3.71. The maximum atomic E-state index is 14.1. The molecule has 0 radical (unpaired) electrons. The Balaban J connectivity index is 2.57. The van der Waals surface area contributed by atoms with Gasteiger partial charge in [0, 0.05) is 6.42 Å². The van der Waals surface area contributed by atoms with Crippen LogP contribution in [0.4, 0.5) is 4.11 Å². The van der Waals surface area contributed by atoms with Crippen LogP contribution in [0.2, 0.25) is 5.04 Å². The fraction of sp³-hybridized carbons (Fsp3) is 0.692. The molecule has 3 heteroatoms. The van der Waals surface area contributed by atoms with Crippen molar-refractivity contribution in [3.05, 3.63) is 17.9 Å². The van der Waals surface area contributed by atoms with Crippen LogP contribution in [0.1, 0.15) is 52.7 Å². The minimum Gasteiger partial charge on any atom is -0.468 e. The first-order chi connectivity index (χ1) is 7.45. The van der Waals surface area contributed by atoms with Crippen LogP contribution in [-0.4, -0.2) is 9.13 Å². The van der Waals surface area contributed by atoms with Gasteiger partial charge in [0.25, 0.3) is 0 Å². The van der Waals surface area contributed by atoms with E-state index in [2.05, 4.69) is 6.92 Å². The Morgan fingerprint density at radius 2 is 1.94 bits per heavy atom. The van der Waals surface area contributed by atoms with Crippen LogP contribution >= 0.6 is 0 Å². The maximum Gasteiger partial charge on any atom is 0.306 e. The fourth-order valence-corrected chi connectivity index (χ4v) is 3.01. The fourth-order valence-electron chi connectivity index (χ4n) is 1.64. The predicted molar refractivity (Wildman–Crippen MR) is 69.5 cm³/mol. The minimum atomic E-state index is -2.44. The zero-order chi connectivity index (χ0) is 12.2. The van der Waals surface area contributed by atoms with Gasteiger partial charge in [-0.25, -0.2) is 0 Å². The van der Waals surface area contributed by atoms with E-state index < -0.39 is 9.13 Å². The van der Waals surface area contributed by atoms with Crippen molar-refractivity contribution in [3.8, 4) is 0 Å². The second-order valence-electron chi connectivity index (χ2n) is 5.49. The highest BCUT2D eigenvalue weighted by Gasteiger charge is 2.31. The van der Waals surface area contributed by atoms with Crippen LogP contribution in [-0.2, 0) is 6.42 Å². The zero-order valence-electron chi connectivity index (χ0n) is 10.8. The monoisotopic (exact) mass is 242 g/mol. The van der Waals surface area contributed by atoms with Crippen LogP contribution in [0.3, 0.4) is 0 Å². The van der Waals surface area contributed by atoms with E-state index in [1.165, 1.54) is 12.8 Å². The van der Waals surface area contributed by atoms with Crippen LogP contribution in [0.15, 0.2) is 16.5 Å². The van der Waals surface area contributed by atoms with E-state index in [1.807, 2.05) is 32.9 Å². The van der Waals surface area contributed by atoms with Gasteiger partial charge in [-0.2, -0.15) is 0 Å². The molecule has 0 aromatic carbocycles. The topological polar surface area (TPSA) is 13.1 Å². The molecule has 1 rings (SSSR count). The lowest BCUT2D eigenvalue weighted by atomic mass is 10.2. The molecule has 16 heavy (non-hydrogen) atoms. The Morgan fingerprint density at radius 1 is 1.25 bits per heavy atom.